The van der Waals surface area contributed by atoms with Crippen molar-refractivity contribution in [3.63, 3.8) is 0 Å². The Labute approximate surface area is 119 Å². The second-order valence-corrected chi connectivity index (χ2v) is 6.08. The molecule has 2 rings (SSSR count). The molecule has 0 bridgehead atoms. The number of hydrogen-bond donors (Lipinski definition) is 1. The van der Waals surface area contributed by atoms with Gasteiger partial charge in [0.05, 0.1) is 29.1 Å². The van der Waals surface area contributed by atoms with Crippen LogP contribution in [0.15, 0.2) is 6.20 Å². The van der Waals surface area contributed by atoms with Gasteiger partial charge in [-0.1, -0.05) is 25.4 Å². The molecule has 1 N–H and O–H groups in total. The van der Waals surface area contributed by atoms with E-state index in [1.165, 1.54) is 0 Å². The Bertz CT molecular complexity index is 449. The van der Waals surface area contributed by atoms with Crippen molar-refractivity contribution in [2.45, 2.75) is 64.2 Å². The Balaban J connectivity index is 2.36. The maximum Gasteiger partial charge on any atom is 0.113 e. The van der Waals surface area contributed by atoms with Gasteiger partial charge in [0.2, 0.25) is 0 Å². The Hall–Kier alpha value is -0.580. The minimum atomic E-state index is -0.939. The summed E-state index contributed by atoms with van der Waals surface area (Å²) in [4.78, 5) is 0. The molecule has 1 aromatic rings. The second kappa shape index (κ2) is 5.43. The number of aryl methyl sites for hydroxylation is 1. The molecule has 0 amide bonds. The van der Waals surface area contributed by atoms with Gasteiger partial charge in [0.15, 0.2) is 0 Å². The van der Waals surface area contributed by atoms with E-state index in [4.69, 9.17) is 16.3 Å². The van der Waals surface area contributed by atoms with E-state index in [-0.39, 0.29) is 5.60 Å². The highest BCUT2D eigenvalue weighted by Gasteiger charge is 2.45. The van der Waals surface area contributed by atoms with Crippen LogP contribution in [-0.4, -0.2) is 27.1 Å². The molecule has 2 unspecified atom stereocenters. The van der Waals surface area contributed by atoms with Gasteiger partial charge in [0.25, 0.3) is 0 Å². The molecule has 1 aliphatic heterocycles. The quantitative estimate of drug-likeness (QED) is 0.925. The summed E-state index contributed by atoms with van der Waals surface area (Å²) in [5, 5.41) is 15.9. The fourth-order valence-corrected chi connectivity index (χ4v) is 3.18. The van der Waals surface area contributed by atoms with Crippen molar-refractivity contribution >= 4 is 11.6 Å². The molecule has 2 atom stereocenters. The summed E-state index contributed by atoms with van der Waals surface area (Å²) in [5.74, 6) is 0. The summed E-state index contributed by atoms with van der Waals surface area (Å²) in [6.07, 6.45) is 4.59. The van der Waals surface area contributed by atoms with E-state index in [0.29, 0.717) is 24.5 Å². The highest BCUT2D eigenvalue weighted by Crippen LogP contribution is 2.43. The van der Waals surface area contributed by atoms with Crippen molar-refractivity contribution in [1.82, 2.24) is 9.78 Å². The largest absolute Gasteiger partial charge is 0.383 e. The molecule has 108 valence electrons. The SMILES string of the molecule is CCCn1ncc(Cl)c1C1(O)CCOC(C)(CC)C1. The molecule has 1 aliphatic rings. The first-order valence-electron chi connectivity index (χ1n) is 7.02. The number of ether oxygens (including phenoxy) is 1. The summed E-state index contributed by atoms with van der Waals surface area (Å²) in [6, 6.07) is 0. The van der Waals surface area contributed by atoms with Crippen molar-refractivity contribution in [1.29, 1.82) is 0 Å². The standard InChI is InChI=1S/C14H23ClN2O2/c1-4-7-17-12(11(15)9-16-17)14(18)6-8-19-13(3,5-2)10-14/h9,18H,4-8,10H2,1-3H3. The predicted molar refractivity (Wildman–Crippen MR) is 75.3 cm³/mol. The van der Waals surface area contributed by atoms with Crippen molar-refractivity contribution in [3.8, 4) is 0 Å². The summed E-state index contributed by atoms with van der Waals surface area (Å²) in [6.45, 7) is 7.54. The topological polar surface area (TPSA) is 47.3 Å². The number of aliphatic hydroxyl groups is 1. The van der Waals surface area contributed by atoms with Crippen LogP contribution in [0.1, 0.15) is 52.1 Å². The molecule has 1 aromatic heterocycles. The lowest BCUT2D eigenvalue weighted by molar-refractivity contribution is -0.160. The molecule has 1 fully saturated rings. The normalized spacial score (nSPS) is 31.6. The molecule has 1 saturated heterocycles. The third-order valence-corrected chi connectivity index (χ3v) is 4.33. The van der Waals surface area contributed by atoms with Gasteiger partial charge in [-0.15, -0.1) is 0 Å². The van der Waals surface area contributed by atoms with E-state index in [0.717, 1.165) is 25.1 Å². The third-order valence-electron chi connectivity index (χ3n) is 4.05. The molecule has 19 heavy (non-hydrogen) atoms. The molecule has 0 spiro atoms. The lowest BCUT2D eigenvalue weighted by Crippen LogP contribution is -2.46. The minimum absolute atomic E-state index is 0.294. The monoisotopic (exact) mass is 286 g/mol. The zero-order chi connectivity index (χ0) is 14.1. The van der Waals surface area contributed by atoms with Gasteiger partial charge in [-0.2, -0.15) is 5.10 Å². The highest BCUT2D eigenvalue weighted by atomic mass is 35.5. The molecular formula is C14H23ClN2O2. The predicted octanol–water partition coefficient (Wildman–Crippen LogP) is 3.11. The van der Waals surface area contributed by atoms with E-state index in [1.807, 2.05) is 11.6 Å². The lowest BCUT2D eigenvalue weighted by Gasteiger charge is -2.43. The van der Waals surface area contributed by atoms with E-state index in [1.54, 1.807) is 6.20 Å². The van der Waals surface area contributed by atoms with E-state index in [9.17, 15) is 5.11 Å². The maximum absolute atomic E-state index is 11.1. The fourth-order valence-electron chi connectivity index (χ4n) is 2.86. The number of hydrogen-bond acceptors (Lipinski definition) is 3. The van der Waals surface area contributed by atoms with Crippen molar-refractivity contribution in [2.24, 2.45) is 0 Å². The number of rotatable bonds is 4. The first-order chi connectivity index (χ1) is 8.94. The zero-order valence-corrected chi connectivity index (χ0v) is 12.7. The van der Waals surface area contributed by atoms with Crippen LogP contribution in [0.25, 0.3) is 0 Å². The second-order valence-electron chi connectivity index (χ2n) is 5.67. The number of nitrogens with zero attached hydrogens (tertiary/aromatic N) is 2. The molecule has 0 radical (unpaired) electrons. The van der Waals surface area contributed by atoms with Crippen LogP contribution in [-0.2, 0) is 16.9 Å². The first kappa shape index (κ1) is 14.8. The molecule has 0 aromatic carbocycles. The van der Waals surface area contributed by atoms with E-state index >= 15 is 0 Å². The van der Waals surface area contributed by atoms with Gasteiger partial charge < -0.3 is 9.84 Å². The Kier molecular flexibility index (Phi) is 4.23. The molecule has 0 aliphatic carbocycles. The van der Waals surface area contributed by atoms with E-state index < -0.39 is 5.60 Å². The number of halogens is 1. The van der Waals surface area contributed by atoms with Crippen LogP contribution in [0.4, 0.5) is 0 Å². The van der Waals surface area contributed by atoms with Gasteiger partial charge in [0, 0.05) is 19.4 Å². The highest BCUT2D eigenvalue weighted by molar-refractivity contribution is 6.31. The van der Waals surface area contributed by atoms with Gasteiger partial charge in [-0.05, 0) is 19.8 Å². The van der Waals surface area contributed by atoms with Gasteiger partial charge >= 0.3 is 0 Å². The smallest absolute Gasteiger partial charge is 0.113 e. The summed E-state index contributed by atoms with van der Waals surface area (Å²) in [7, 11) is 0. The van der Waals surface area contributed by atoms with Crippen LogP contribution in [0.3, 0.4) is 0 Å². The van der Waals surface area contributed by atoms with Gasteiger partial charge in [-0.3, -0.25) is 4.68 Å². The third kappa shape index (κ3) is 2.81. The van der Waals surface area contributed by atoms with Crippen LogP contribution in [0.5, 0.6) is 0 Å². The summed E-state index contributed by atoms with van der Waals surface area (Å²) < 4.78 is 7.65. The maximum atomic E-state index is 11.1. The van der Waals surface area contributed by atoms with Gasteiger partial charge in [0.1, 0.15) is 5.60 Å². The fraction of sp³-hybridized carbons (Fsp3) is 0.786. The average Bonchev–Trinajstić information content (AvgIpc) is 2.71. The Morgan fingerprint density at radius 3 is 2.89 bits per heavy atom. The molecule has 0 saturated carbocycles. The van der Waals surface area contributed by atoms with Crippen LogP contribution < -0.4 is 0 Å². The Morgan fingerprint density at radius 2 is 2.26 bits per heavy atom. The molecule has 4 nitrogen and oxygen atoms in total. The lowest BCUT2D eigenvalue weighted by atomic mass is 9.80. The van der Waals surface area contributed by atoms with Gasteiger partial charge in [-0.25, -0.2) is 0 Å². The van der Waals surface area contributed by atoms with Crippen LogP contribution in [0.2, 0.25) is 5.02 Å². The zero-order valence-electron chi connectivity index (χ0n) is 11.9. The van der Waals surface area contributed by atoms with Crippen LogP contribution in [0, 0.1) is 0 Å². The van der Waals surface area contributed by atoms with Crippen molar-refractivity contribution in [3.05, 3.63) is 16.9 Å². The molecule has 2 heterocycles. The molecular weight excluding hydrogens is 264 g/mol. The van der Waals surface area contributed by atoms with Crippen molar-refractivity contribution in [2.75, 3.05) is 6.61 Å². The van der Waals surface area contributed by atoms with E-state index in [2.05, 4.69) is 18.9 Å². The van der Waals surface area contributed by atoms with Crippen molar-refractivity contribution < 1.29 is 9.84 Å². The molecule has 5 heteroatoms. The summed E-state index contributed by atoms with van der Waals surface area (Å²) >= 11 is 6.26. The van der Waals surface area contributed by atoms with Crippen LogP contribution >= 0.6 is 11.6 Å². The minimum Gasteiger partial charge on any atom is -0.383 e. The number of aromatic nitrogens is 2. The Morgan fingerprint density at radius 1 is 1.53 bits per heavy atom. The summed E-state index contributed by atoms with van der Waals surface area (Å²) in [5.41, 5.74) is -0.484. The average molecular weight is 287 g/mol. The first-order valence-corrected chi connectivity index (χ1v) is 7.40.